The lowest BCUT2D eigenvalue weighted by atomic mass is 10.1. The lowest BCUT2D eigenvalue weighted by Gasteiger charge is -2.19. The quantitative estimate of drug-likeness (QED) is 0.610. The Kier molecular flexibility index (Phi) is 4.83. The maximum absolute atomic E-state index is 12.5. The zero-order valence-corrected chi connectivity index (χ0v) is 12.7. The normalized spacial score (nSPS) is 14.7. The number of imide groups is 1. The summed E-state index contributed by atoms with van der Waals surface area (Å²) in [7, 11) is 4.31. The Hall–Kier alpha value is -2.76. The van der Waals surface area contributed by atoms with E-state index < -0.39 is 5.91 Å². The lowest BCUT2D eigenvalue weighted by molar-refractivity contribution is -0.139. The number of ether oxygens (including phenoxy) is 3. The molecule has 0 radical (unpaired) electrons. The third-order valence-corrected chi connectivity index (χ3v) is 3.22. The highest BCUT2D eigenvalue weighted by molar-refractivity contribution is 6.10. The summed E-state index contributed by atoms with van der Waals surface area (Å²) in [6.07, 6.45) is 2.96. The van der Waals surface area contributed by atoms with Gasteiger partial charge in [-0.15, -0.1) is 0 Å². The third kappa shape index (κ3) is 2.81. The second-order valence-corrected chi connectivity index (χ2v) is 4.42. The molecule has 1 aromatic carbocycles. The minimum Gasteiger partial charge on any atom is -0.496 e. The van der Waals surface area contributed by atoms with Crippen LogP contribution in [0.5, 0.6) is 5.75 Å². The van der Waals surface area contributed by atoms with E-state index in [1.165, 1.54) is 27.4 Å². The summed E-state index contributed by atoms with van der Waals surface area (Å²) in [6, 6.07) is 7.08. The minimum atomic E-state index is -0.555. The number of benzene rings is 1. The first-order chi connectivity index (χ1) is 10.6. The SMILES string of the molecule is COC(C(=O)N1CC=CC1=O)=C(OC)c1ccccc1OC. The molecule has 1 aliphatic heterocycles. The highest BCUT2D eigenvalue weighted by atomic mass is 16.5. The van der Waals surface area contributed by atoms with Crippen LogP contribution in [0.3, 0.4) is 0 Å². The van der Waals surface area contributed by atoms with Gasteiger partial charge in [-0.25, -0.2) is 0 Å². The van der Waals surface area contributed by atoms with Gasteiger partial charge in [0.2, 0.25) is 5.76 Å². The van der Waals surface area contributed by atoms with Crippen molar-refractivity contribution in [2.45, 2.75) is 0 Å². The van der Waals surface area contributed by atoms with Crippen LogP contribution in [-0.2, 0) is 19.1 Å². The fraction of sp³-hybridized carbons (Fsp3) is 0.250. The van der Waals surface area contributed by atoms with Crippen molar-refractivity contribution >= 4 is 17.6 Å². The largest absolute Gasteiger partial charge is 0.496 e. The van der Waals surface area contributed by atoms with E-state index in [-0.39, 0.29) is 24.0 Å². The molecule has 0 unspecified atom stereocenters. The molecule has 0 saturated heterocycles. The first kappa shape index (κ1) is 15.6. The van der Waals surface area contributed by atoms with Gasteiger partial charge < -0.3 is 14.2 Å². The predicted molar refractivity (Wildman–Crippen MR) is 79.8 cm³/mol. The first-order valence-electron chi connectivity index (χ1n) is 6.62. The highest BCUT2D eigenvalue weighted by Gasteiger charge is 2.30. The van der Waals surface area contributed by atoms with Gasteiger partial charge in [-0.1, -0.05) is 18.2 Å². The van der Waals surface area contributed by atoms with Gasteiger partial charge in [0.05, 0.1) is 26.9 Å². The predicted octanol–water partition coefficient (Wildman–Crippen LogP) is 1.58. The molecule has 0 saturated carbocycles. The Bertz CT molecular complexity index is 648. The Morgan fingerprint density at radius 3 is 2.41 bits per heavy atom. The van der Waals surface area contributed by atoms with Crippen molar-refractivity contribution in [3.05, 3.63) is 47.7 Å². The smallest absolute Gasteiger partial charge is 0.300 e. The van der Waals surface area contributed by atoms with Gasteiger partial charge in [0.25, 0.3) is 11.8 Å². The Morgan fingerprint density at radius 1 is 1.14 bits per heavy atom. The maximum Gasteiger partial charge on any atom is 0.300 e. The van der Waals surface area contributed by atoms with Crippen molar-refractivity contribution < 1.29 is 23.8 Å². The van der Waals surface area contributed by atoms with E-state index in [0.717, 1.165) is 4.90 Å². The molecule has 2 rings (SSSR count). The maximum atomic E-state index is 12.5. The summed E-state index contributed by atoms with van der Waals surface area (Å²) in [6.45, 7) is 0.216. The lowest BCUT2D eigenvalue weighted by Crippen LogP contribution is -2.34. The summed E-state index contributed by atoms with van der Waals surface area (Å²) >= 11 is 0. The van der Waals surface area contributed by atoms with Crippen LogP contribution in [0.1, 0.15) is 5.56 Å². The molecule has 6 nitrogen and oxygen atoms in total. The molecule has 0 N–H and O–H groups in total. The number of hydrogen-bond donors (Lipinski definition) is 0. The minimum absolute atomic E-state index is 0.0518. The topological polar surface area (TPSA) is 65.1 Å². The Labute approximate surface area is 128 Å². The summed E-state index contributed by atoms with van der Waals surface area (Å²) in [5.41, 5.74) is 0.567. The van der Waals surface area contributed by atoms with Crippen molar-refractivity contribution in [1.82, 2.24) is 4.90 Å². The molecule has 1 aliphatic rings. The number of hydrogen-bond acceptors (Lipinski definition) is 5. The third-order valence-electron chi connectivity index (χ3n) is 3.22. The molecule has 0 fully saturated rings. The number of para-hydroxylation sites is 1. The van der Waals surface area contributed by atoms with E-state index in [0.29, 0.717) is 11.3 Å². The van der Waals surface area contributed by atoms with Gasteiger partial charge in [0.1, 0.15) is 5.75 Å². The number of nitrogens with zero attached hydrogens (tertiary/aromatic N) is 1. The number of methoxy groups -OCH3 is 3. The molecule has 0 aromatic heterocycles. The average Bonchev–Trinajstić information content (AvgIpc) is 2.98. The van der Waals surface area contributed by atoms with Gasteiger partial charge in [0, 0.05) is 12.6 Å². The molecule has 2 amide bonds. The Balaban J connectivity index is 2.49. The Morgan fingerprint density at radius 2 is 1.86 bits per heavy atom. The van der Waals surface area contributed by atoms with E-state index in [9.17, 15) is 9.59 Å². The van der Waals surface area contributed by atoms with Crippen molar-refractivity contribution in [2.24, 2.45) is 0 Å². The first-order valence-corrected chi connectivity index (χ1v) is 6.62. The van der Waals surface area contributed by atoms with Crippen molar-refractivity contribution in [1.29, 1.82) is 0 Å². The van der Waals surface area contributed by atoms with Crippen LogP contribution in [0, 0.1) is 0 Å². The molecule has 22 heavy (non-hydrogen) atoms. The zero-order chi connectivity index (χ0) is 16.1. The van der Waals surface area contributed by atoms with Crippen LogP contribution in [0.25, 0.3) is 5.76 Å². The molecule has 0 spiro atoms. The van der Waals surface area contributed by atoms with Crippen LogP contribution in [-0.4, -0.2) is 44.6 Å². The van der Waals surface area contributed by atoms with Gasteiger partial charge in [-0.3, -0.25) is 14.5 Å². The second-order valence-electron chi connectivity index (χ2n) is 4.42. The van der Waals surface area contributed by atoms with Crippen LogP contribution in [0.2, 0.25) is 0 Å². The van der Waals surface area contributed by atoms with E-state index in [1.54, 1.807) is 30.3 Å². The summed E-state index contributed by atoms with van der Waals surface area (Å²) in [4.78, 5) is 25.3. The molecular formula is C16H17NO5. The van der Waals surface area contributed by atoms with Crippen LogP contribution in [0.4, 0.5) is 0 Å². The second kappa shape index (κ2) is 6.80. The van der Waals surface area contributed by atoms with Crippen LogP contribution < -0.4 is 4.74 Å². The number of carbonyl (C=O) groups is 2. The van der Waals surface area contributed by atoms with E-state index in [4.69, 9.17) is 14.2 Å². The molecule has 0 aliphatic carbocycles. The van der Waals surface area contributed by atoms with Gasteiger partial charge in [-0.2, -0.15) is 0 Å². The monoisotopic (exact) mass is 303 g/mol. The number of rotatable bonds is 5. The zero-order valence-electron chi connectivity index (χ0n) is 12.7. The van der Waals surface area contributed by atoms with E-state index in [2.05, 4.69) is 0 Å². The molecule has 6 heteroatoms. The molecule has 1 heterocycles. The fourth-order valence-electron chi connectivity index (χ4n) is 2.18. The molecule has 0 atom stereocenters. The summed E-state index contributed by atoms with van der Waals surface area (Å²) in [5.74, 6) is -0.239. The van der Waals surface area contributed by atoms with Crippen LogP contribution >= 0.6 is 0 Å². The number of amides is 2. The molecule has 116 valence electrons. The fourth-order valence-corrected chi connectivity index (χ4v) is 2.18. The number of carbonyl (C=O) groups excluding carboxylic acids is 2. The molecule has 1 aromatic rings. The van der Waals surface area contributed by atoms with Crippen LogP contribution in [0.15, 0.2) is 42.2 Å². The van der Waals surface area contributed by atoms with E-state index >= 15 is 0 Å². The van der Waals surface area contributed by atoms with Gasteiger partial charge >= 0.3 is 0 Å². The van der Waals surface area contributed by atoms with E-state index in [1.807, 2.05) is 0 Å². The van der Waals surface area contributed by atoms with Crippen molar-refractivity contribution in [3.63, 3.8) is 0 Å². The summed E-state index contributed by atoms with van der Waals surface area (Å²) in [5, 5.41) is 0. The van der Waals surface area contributed by atoms with Crippen molar-refractivity contribution in [3.8, 4) is 5.75 Å². The average molecular weight is 303 g/mol. The van der Waals surface area contributed by atoms with Gasteiger partial charge in [-0.05, 0) is 12.1 Å². The standard InChI is InChI=1S/C16H17NO5/c1-20-12-8-5-4-7-11(12)14(21-2)15(22-3)16(19)17-10-6-9-13(17)18/h4-9H,10H2,1-3H3. The van der Waals surface area contributed by atoms with Crippen molar-refractivity contribution in [2.75, 3.05) is 27.9 Å². The summed E-state index contributed by atoms with van der Waals surface area (Å²) < 4.78 is 15.8. The molecule has 0 bridgehead atoms. The highest BCUT2D eigenvalue weighted by Crippen LogP contribution is 2.29. The molecular weight excluding hydrogens is 286 g/mol. The van der Waals surface area contributed by atoms with Gasteiger partial charge in [0.15, 0.2) is 5.76 Å².